The molecule has 0 unspecified atom stereocenters. The normalized spacial score (nSPS) is 13.4. The Hall–Kier alpha value is -13.3. The molecule has 18 aromatic rings. The minimum atomic E-state index is -0.445. The van der Waals surface area contributed by atoms with E-state index in [1.165, 1.54) is 127 Å². The minimum Gasteiger partial charge on any atom is -0.496 e. The van der Waals surface area contributed by atoms with Crippen LogP contribution in [0.4, 0.5) is 0 Å². The Balaban J connectivity index is 0.000000155. The highest BCUT2D eigenvalue weighted by molar-refractivity contribution is 6.62. The monoisotopic (exact) mass is 1870 g/mol. The van der Waals surface area contributed by atoms with Crippen molar-refractivity contribution in [3.8, 4) is 124 Å². The van der Waals surface area contributed by atoms with Gasteiger partial charge in [-0.15, -0.1) is 0 Å². The Bertz CT molecular complexity index is 7440. The number of hydrogen-bond acceptors (Lipinski definition) is 8. The molecule has 710 valence electrons. The molecule has 0 amide bonds. The first-order chi connectivity index (χ1) is 66.5. The van der Waals surface area contributed by atoms with Gasteiger partial charge in [0.25, 0.3) is 0 Å². The van der Waals surface area contributed by atoms with E-state index in [0.29, 0.717) is 17.0 Å². The summed E-state index contributed by atoms with van der Waals surface area (Å²) in [5.41, 5.74) is 36.9. The number of benzene rings is 12. The summed E-state index contributed by atoms with van der Waals surface area (Å²) >= 11 is 6.29. The first-order valence-electron chi connectivity index (χ1n) is 49.6. The van der Waals surface area contributed by atoms with E-state index in [2.05, 4.69) is 447 Å². The van der Waals surface area contributed by atoms with Gasteiger partial charge >= 0.3 is 7.12 Å². The molecular weight excluding hydrogens is 1730 g/mol. The van der Waals surface area contributed by atoms with Crippen molar-refractivity contribution in [1.82, 2.24) is 29.1 Å². The van der Waals surface area contributed by atoms with Crippen molar-refractivity contribution in [1.29, 1.82) is 0 Å². The molecule has 12 heteroatoms. The number of para-hydroxylation sites is 6. The van der Waals surface area contributed by atoms with Crippen LogP contribution >= 0.6 is 11.6 Å². The van der Waals surface area contributed by atoms with Crippen molar-refractivity contribution in [3.05, 3.63) is 365 Å². The van der Waals surface area contributed by atoms with Gasteiger partial charge in [-0.25, -0.2) is 15.0 Å². The molecule has 1 saturated heterocycles. The summed E-state index contributed by atoms with van der Waals surface area (Å²) in [4.78, 5) is 19.8. The van der Waals surface area contributed by atoms with E-state index in [0.717, 1.165) is 89.9 Å². The molecule has 0 spiro atoms. The third-order valence-electron chi connectivity index (χ3n) is 28.2. The molecule has 1 aliphatic heterocycles. The van der Waals surface area contributed by atoms with E-state index >= 15 is 0 Å². The summed E-state index contributed by atoms with van der Waals surface area (Å²) in [6.45, 7) is 54.1. The summed E-state index contributed by atoms with van der Waals surface area (Å²) in [5, 5.41) is 5.63. The maximum Gasteiger partial charge on any atom is 0.494 e. The Morgan fingerprint density at radius 2 is 0.607 bits per heavy atom. The number of halogens is 1. The molecule has 7 heterocycles. The third kappa shape index (κ3) is 20.2. The average Bonchev–Trinajstić information content (AvgIpc) is 1.57. The lowest BCUT2D eigenvalue weighted by Crippen LogP contribution is -2.41. The van der Waals surface area contributed by atoms with Gasteiger partial charge in [-0.3, -0.25) is 4.98 Å². The lowest BCUT2D eigenvalue weighted by atomic mass is 9.78. The summed E-state index contributed by atoms with van der Waals surface area (Å²) in [5.74, 6) is 2.89. The smallest absolute Gasteiger partial charge is 0.494 e. The fraction of sp³-hybridized carbons (Fsp3) is 0.281. The van der Waals surface area contributed by atoms with Crippen LogP contribution in [0.25, 0.3) is 156 Å². The summed E-state index contributed by atoms with van der Waals surface area (Å²) in [6.07, 6.45) is 3.77. The molecule has 0 saturated carbocycles. The second-order valence-corrected chi connectivity index (χ2v) is 44.6. The standard InChI is InChI=1S/C61H61N3O.C38H46BNO3.C29H27ClN2/c1-38(2)51-36-47(64-56-24-15-12-21-48(56)49-22-13-16-25-57(49)64)37-52(39(3)4)59(51)42-27-28-62-53(32-42)40-19-18-20-41(29-40)54-33-44(34-55(63-54)50-23-14-17-26-58(50)65-11)43-30-45(60(5,6)7)35-46(31-43)61(8,9)10;1-35(2,3)28-19-26(20-29(24-28)36(4,5)6)27-22-32(40-33(23-27)31-17-12-13-18-34(31)41-11)25-15-14-16-30(21-25)39-42-37(7,8)38(9,10)43-39;1-18(2)24-16-21(17-25(19(3)4)29(24)20-13-14-31-28(30)15-20)32-26-11-7-5-9-22(26)23-10-6-8-12-27(23)32/h12-39H,1-11H3;12-24H,1-11H3;5-19H,1-4H3. The first kappa shape index (κ1) is 98.3. The molecule has 0 radical (unpaired) electrons. The molecule has 140 heavy (non-hydrogen) atoms. The highest BCUT2D eigenvalue weighted by Gasteiger charge is 2.52. The number of pyridine rings is 4. The number of ether oxygens (including phenoxy) is 2. The van der Waals surface area contributed by atoms with Crippen molar-refractivity contribution in [2.24, 2.45) is 0 Å². The molecule has 12 aromatic carbocycles. The van der Waals surface area contributed by atoms with Gasteiger partial charge in [-0.2, -0.15) is 0 Å². The highest BCUT2D eigenvalue weighted by Crippen LogP contribution is 2.48. The van der Waals surface area contributed by atoms with Gasteiger partial charge < -0.3 is 27.9 Å². The number of hydrogen-bond donors (Lipinski definition) is 0. The number of fused-ring (bicyclic) bond motifs is 6. The lowest BCUT2D eigenvalue weighted by Gasteiger charge is -2.32. The van der Waals surface area contributed by atoms with Crippen LogP contribution < -0.4 is 14.9 Å². The molecule has 0 bridgehead atoms. The van der Waals surface area contributed by atoms with Crippen molar-refractivity contribution in [2.75, 3.05) is 14.2 Å². The topological polar surface area (TPSA) is 98.3 Å². The van der Waals surface area contributed by atoms with Crippen LogP contribution in [0, 0.1) is 0 Å². The van der Waals surface area contributed by atoms with Crippen molar-refractivity contribution >= 4 is 67.8 Å². The van der Waals surface area contributed by atoms with E-state index in [4.69, 9.17) is 45.3 Å². The number of aromatic nitrogens is 6. The molecule has 6 aromatic heterocycles. The highest BCUT2D eigenvalue weighted by atomic mass is 35.5. The van der Waals surface area contributed by atoms with Gasteiger partial charge in [0.1, 0.15) is 16.7 Å². The van der Waals surface area contributed by atoms with Crippen molar-refractivity contribution in [3.63, 3.8) is 0 Å². The van der Waals surface area contributed by atoms with E-state index in [1.54, 1.807) is 20.4 Å². The van der Waals surface area contributed by atoms with Crippen LogP contribution in [0.3, 0.4) is 0 Å². The molecule has 10 nitrogen and oxygen atoms in total. The van der Waals surface area contributed by atoms with E-state index in [1.807, 2.05) is 42.6 Å². The molecule has 1 aliphatic rings. The lowest BCUT2D eigenvalue weighted by molar-refractivity contribution is 0.00578. The molecular formula is C128H134BClN6O4. The maximum absolute atomic E-state index is 6.39. The fourth-order valence-corrected chi connectivity index (χ4v) is 19.6. The van der Waals surface area contributed by atoms with Crippen LogP contribution in [0.5, 0.6) is 11.5 Å². The molecule has 0 N–H and O–H groups in total. The zero-order valence-corrected chi connectivity index (χ0v) is 87.4. The second kappa shape index (κ2) is 39.1. The Labute approximate surface area is 835 Å². The van der Waals surface area contributed by atoms with Crippen LogP contribution in [0.15, 0.2) is 316 Å². The zero-order chi connectivity index (χ0) is 99.6. The second-order valence-electron chi connectivity index (χ2n) is 44.2. The third-order valence-corrected chi connectivity index (χ3v) is 28.4. The molecule has 0 aliphatic carbocycles. The molecule has 0 atom stereocenters. The number of rotatable bonds is 18. The fourth-order valence-electron chi connectivity index (χ4n) is 19.5. The van der Waals surface area contributed by atoms with Crippen LogP contribution in [-0.2, 0) is 31.0 Å². The maximum atomic E-state index is 6.39. The summed E-state index contributed by atoms with van der Waals surface area (Å²) < 4.78 is 29.3. The van der Waals surface area contributed by atoms with Gasteiger partial charge in [-0.05, 0) is 300 Å². The van der Waals surface area contributed by atoms with E-state index in [-0.39, 0.29) is 33.5 Å². The molecule has 1 fully saturated rings. The van der Waals surface area contributed by atoms with Gasteiger partial charge in [0, 0.05) is 67.6 Å². The number of methoxy groups -OCH3 is 2. The minimum absolute atomic E-state index is 0.00845. The van der Waals surface area contributed by atoms with E-state index < -0.39 is 18.3 Å². The molecule has 19 rings (SSSR count). The van der Waals surface area contributed by atoms with E-state index in [9.17, 15) is 0 Å². The SMILES string of the molecule is CC(C)c1cc(-n2c3ccccc3c3ccccc32)cc(C(C)C)c1-c1ccnc(Cl)c1.COc1ccccc1-c1cc(-c2cc(C(C)(C)C)cc(C(C)(C)C)c2)cc(-c2cccc(-c3cc(-c4c(C(C)C)cc(-n5c6ccccc6c6ccccc65)cc4C(C)C)ccn3)c2)n1.COc1ccccc1-c1cc(-c2cc(C(C)(C)C)cc(C(C)(C)C)c2)cc(-c2cccc(B3OC(C)(C)C(C)(C)O3)c2)n1. The van der Waals surface area contributed by atoms with Crippen LogP contribution in [0.1, 0.15) is 234 Å². The Morgan fingerprint density at radius 1 is 0.300 bits per heavy atom. The predicted octanol–water partition coefficient (Wildman–Crippen LogP) is 34.5. The number of nitrogens with zero attached hydrogens (tertiary/aromatic N) is 6. The van der Waals surface area contributed by atoms with Gasteiger partial charge in [0.15, 0.2) is 0 Å². The van der Waals surface area contributed by atoms with Gasteiger partial charge in [0.2, 0.25) is 0 Å². The van der Waals surface area contributed by atoms with Gasteiger partial charge in [-0.1, -0.05) is 326 Å². The first-order valence-corrected chi connectivity index (χ1v) is 50.0. The Morgan fingerprint density at radius 3 is 0.964 bits per heavy atom. The van der Waals surface area contributed by atoms with Gasteiger partial charge in [0.05, 0.1) is 76.0 Å². The Kier molecular flexibility index (Phi) is 27.4. The zero-order valence-electron chi connectivity index (χ0n) is 86.6. The largest absolute Gasteiger partial charge is 0.496 e. The average molecular weight is 1870 g/mol. The van der Waals surface area contributed by atoms with Crippen LogP contribution in [0.2, 0.25) is 5.15 Å². The summed E-state index contributed by atoms with van der Waals surface area (Å²) in [6, 6.07) is 109. The quantitative estimate of drug-likeness (QED) is 0.0619. The van der Waals surface area contributed by atoms with Crippen LogP contribution in [-0.4, -0.2) is 61.6 Å². The predicted molar refractivity (Wildman–Crippen MR) is 593 cm³/mol. The van der Waals surface area contributed by atoms with Crippen molar-refractivity contribution in [2.45, 2.75) is 223 Å². The van der Waals surface area contributed by atoms with Crippen molar-refractivity contribution < 1.29 is 18.8 Å². The summed E-state index contributed by atoms with van der Waals surface area (Å²) in [7, 11) is 2.99.